The molecule has 0 unspecified atom stereocenters. The number of anilines is 1. The Kier molecular flexibility index (Phi) is 5.35. The van der Waals surface area contributed by atoms with Crippen molar-refractivity contribution in [3.63, 3.8) is 0 Å². The zero-order valence-electron chi connectivity index (χ0n) is 14.1. The molecule has 25 heavy (non-hydrogen) atoms. The summed E-state index contributed by atoms with van der Waals surface area (Å²) in [6, 6.07) is 6.60. The zero-order chi connectivity index (χ0) is 18.7. The minimum absolute atomic E-state index is 0.0883. The van der Waals surface area contributed by atoms with Crippen molar-refractivity contribution in [1.29, 1.82) is 0 Å². The van der Waals surface area contributed by atoms with Gasteiger partial charge in [-0.25, -0.2) is 0 Å². The number of carbonyl (C=O) groups excluding carboxylic acids is 1. The summed E-state index contributed by atoms with van der Waals surface area (Å²) >= 11 is 0. The number of hydrogen-bond acceptors (Lipinski definition) is 3. The first-order chi connectivity index (χ1) is 11.6. The number of alkyl halides is 3. The van der Waals surface area contributed by atoms with Crippen LogP contribution in [0.4, 0.5) is 18.9 Å². The van der Waals surface area contributed by atoms with E-state index in [0.29, 0.717) is 11.4 Å². The van der Waals surface area contributed by atoms with E-state index in [1.54, 1.807) is 6.07 Å². The number of benzene rings is 1. The number of amides is 1. The van der Waals surface area contributed by atoms with Gasteiger partial charge in [0.25, 0.3) is 0 Å². The van der Waals surface area contributed by atoms with E-state index < -0.39 is 29.7 Å². The number of halogens is 3. The third-order valence-electron chi connectivity index (χ3n) is 3.15. The van der Waals surface area contributed by atoms with Crippen molar-refractivity contribution in [3.05, 3.63) is 53.9 Å². The van der Waals surface area contributed by atoms with Crippen molar-refractivity contribution < 1.29 is 22.7 Å². The summed E-state index contributed by atoms with van der Waals surface area (Å²) in [5.41, 5.74) is -1.09. The lowest BCUT2D eigenvalue weighted by Gasteiger charge is -2.23. The van der Waals surface area contributed by atoms with Crippen LogP contribution in [-0.4, -0.2) is 16.5 Å². The van der Waals surface area contributed by atoms with E-state index in [2.05, 4.69) is 10.3 Å². The number of nitrogens with one attached hydrogen (secondary N) is 1. The quantitative estimate of drug-likeness (QED) is 0.884. The lowest BCUT2D eigenvalue weighted by molar-refractivity contribution is -0.138. The van der Waals surface area contributed by atoms with Gasteiger partial charge in [0.1, 0.15) is 17.0 Å². The predicted molar refractivity (Wildman–Crippen MR) is 88.4 cm³/mol. The van der Waals surface area contributed by atoms with E-state index in [-0.39, 0.29) is 5.56 Å². The van der Waals surface area contributed by atoms with Crippen molar-refractivity contribution in [3.8, 4) is 5.75 Å². The molecule has 7 heteroatoms. The van der Waals surface area contributed by atoms with E-state index in [4.69, 9.17) is 4.74 Å². The van der Waals surface area contributed by atoms with E-state index in [1.165, 1.54) is 30.6 Å². The first-order valence-electron chi connectivity index (χ1n) is 7.64. The van der Waals surface area contributed by atoms with Crippen LogP contribution in [0, 0.1) is 0 Å². The molecule has 1 N–H and O–H groups in total. The van der Waals surface area contributed by atoms with Crippen LogP contribution >= 0.6 is 0 Å². The summed E-state index contributed by atoms with van der Waals surface area (Å²) in [6.45, 7) is 5.54. The molecule has 0 saturated carbocycles. The smallest absolute Gasteiger partial charge is 0.416 e. The third-order valence-corrected chi connectivity index (χ3v) is 3.15. The molecule has 0 saturated heterocycles. The highest BCUT2D eigenvalue weighted by Crippen LogP contribution is 2.32. The molecular formula is C18H19F3N2O2. The molecule has 2 rings (SSSR count). The predicted octanol–water partition coefficient (Wildman–Crippen LogP) is 4.46. The lowest BCUT2D eigenvalue weighted by atomic mass is 10.0. The number of rotatable bonds is 4. The van der Waals surface area contributed by atoms with Gasteiger partial charge in [-0.15, -0.1) is 0 Å². The summed E-state index contributed by atoms with van der Waals surface area (Å²) in [5.74, 6) is -0.177. The van der Waals surface area contributed by atoms with Crippen molar-refractivity contribution in [2.75, 3.05) is 5.32 Å². The molecule has 1 aromatic carbocycles. The van der Waals surface area contributed by atoms with Crippen LogP contribution in [0.25, 0.3) is 0 Å². The topological polar surface area (TPSA) is 51.2 Å². The van der Waals surface area contributed by atoms with Gasteiger partial charge in [-0.2, -0.15) is 13.2 Å². The first-order valence-corrected chi connectivity index (χ1v) is 7.64. The molecule has 2 aromatic rings. The average molecular weight is 352 g/mol. The highest BCUT2D eigenvalue weighted by atomic mass is 19.4. The molecule has 0 bridgehead atoms. The maximum Gasteiger partial charge on any atom is 0.416 e. The van der Waals surface area contributed by atoms with Crippen LogP contribution in [0.3, 0.4) is 0 Å². The number of nitrogens with zero attached hydrogens (tertiary/aromatic N) is 1. The Morgan fingerprint density at radius 2 is 1.84 bits per heavy atom. The summed E-state index contributed by atoms with van der Waals surface area (Å²) in [5, 5.41) is 2.57. The Labute approximate surface area is 144 Å². The molecule has 134 valence electrons. The second-order valence-corrected chi connectivity index (χ2v) is 6.47. The fourth-order valence-corrected chi connectivity index (χ4v) is 2.21. The van der Waals surface area contributed by atoms with E-state index in [9.17, 15) is 18.0 Å². The molecule has 1 heterocycles. The second kappa shape index (κ2) is 7.13. The maximum absolute atomic E-state index is 13.0. The molecule has 0 fully saturated rings. The van der Waals surface area contributed by atoms with Crippen molar-refractivity contribution in [2.45, 2.75) is 39.0 Å². The van der Waals surface area contributed by atoms with Gasteiger partial charge in [-0.1, -0.05) is 18.2 Å². The van der Waals surface area contributed by atoms with E-state index >= 15 is 0 Å². The molecular weight excluding hydrogens is 333 g/mol. The fourth-order valence-electron chi connectivity index (χ4n) is 2.21. The maximum atomic E-state index is 13.0. The minimum atomic E-state index is -4.51. The van der Waals surface area contributed by atoms with Crippen molar-refractivity contribution in [2.24, 2.45) is 0 Å². The molecule has 0 aliphatic heterocycles. The van der Waals surface area contributed by atoms with Crippen LogP contribution in [0.5, 0.6) is 5.75 Å². The number of hydrogen-bond donors (Lipinski definition) is 1. The van der Waals surface area contributed by atoms with Crippen LogP contribution in [0.1, 0.15) is 31.9 Å². The summed E-state index contributed by atoms with van der Waals surface area (Å²) in [7, 11) is 0. The van der Waals surface area contributed by atoms with Gasteiger partial charge in [0.15, 0.2) is 0 Å². The SMILES string of the molecule is CC(C)(C)Oc1ccncc1NC(=O)Cc1ccccc1C(F)(F)F. The highest BCUT2D eigenvalue weighted by Gasteiger charge is 2.33. The van der Waals surface area contributed by atoms with Crippen LogP contribution in [-0.2, 0) is 17.4 Å². The minimum Gasteiger partial charge on any atom is -0.486 e. The monoisotopic (exact) mass is 352 g/mol. The lowest BCUT2D eigenvalue weighted by Crippen LogP contribution is -2.24. The molecule has 0 radical (unpaired) electrons. The largest absolute Gasteiger partial charge is 0.486 e. The van der Waals surface area contributed by atoms with Gasteiger partial charge in [0.2, 0.25) is 5.91 Å². The number of carbonyl (C=O) groups is 1. The van der Waals surface area contributed by atoms with Gasteiger partial charge < -0.3 is 10.1 Å². The summed E-state index contributed by atoms with van der Waals surface area (Å²) in [4.78, 5) is 16.1. The molecule has 1 aromatic heterocycles. The van der Waals surface area contributed by atoms with Crippen molar-refractivity contribution in [1.82, 2.24) is 4.98 Å². The van der Waals surface area contributed by atoms with Crippen LogP contribution < -0.4 is 10.1 Å². The van der Waals surface area contributed by atoms with Gasteiger partial charge in [0, 0.05) is 12.3 Å². The number of ether oxygens (including phenoxy) is 1. The Bertz CT molecular complexity index is 752. The van der Waals surface area contributed by atoms with Gasteiger partial charge in [-0.3, -0.25) is 9.78 Å². The second-order valence-electron chi connectivity index (χ2n) is 6.47. The Morgan fingerprint density at radius 1 is 1.16 bits per heavy atom. The van der Waals surface area contributed by atoms with E-state index in [0.717, 1.165) is 6.07 Å². The molecule has 0 aliphatic carbocycles. The Hall–Kier alpha value is -2.57. The first kappa shape index (κ1) is 18.8. The number of aromatic nitrogens is 1. The number of pyridine rings is 1. The van der Waals surface area contributed by atoms with Gasteiger partial charge >= 0.3 is 6.18 Å². The summed E-state index contributed by atoms with van der Waals surface area (Å²) < 4.78 is 44.8. The van der Waals surface area contributed by atoms with Gasteiger partial charge in [0.05, 0.1) is 18.2 Å². The normalized spacial score (nSPS) is 11.9. The molecule has 0 atom stereocenters. The average Bonchev–Trinajstić information content (AvgIpc) is 2.47. The Morgan fingerprint density at radius 3 is 2.48 bits per heavy atom. The highest BCUT2D eigenvalue weighted by molar-refractivity contribution is 5.93. The zero-order valence-corrected chi connectivity index (χ0v) is 14.1. The van der Waals surface area contributed by atoms with Crippen LogP contribution in [0.2, 0.25) is 0 Å². The van der Waals surface area contributed by atoms with Gasteiger partial charge in [-0.05, 0) is 32.4 Å². The molecule has 4 nitrogen and oxygen atoms in total. The third kappa shape index (κ3) is 5.48. The molecule has 1 amide bonds. The van der Waals surface area contributed by atoms with Crippen LogP contribution in [0.15, 0.2) is 42.7 Å². The Balaban J connectivity index is 2.18. The molecule has 0 spiro atoms. The fraction of sp³-hybridized carbons (Fsp3) is 0.333. The van der Waals surface area contributed by atoms with Crippen molar-refractivity contribution >= 4 is 11.6 Å². The molecule has 0 aliphatic rings. The summed E-state index contributed by atoms with van der Waals surface area (Å²) in [6.07, 6.45) is -2.00. The standard InChI is InChI=1S/C18H19F3N2O2/c1-17(2,3)25-15-8-9-22-11-14(15)23-16(24)10-12-6-4-5-7-13(12)18(19,20)21/h4-9,11H,10H2,1-3H3,(H,23,24). The van der Waals surface area contributed by atoms with E-state index in [1.807, 2.05) is 20.8 Å².